The Morgan fingerprint density at radius 2 is 0.719 bits per heavy atom. The molecule has 7 aliphatic heterocycles. The number of rotatable bonds is 6. The van der Waals surface area contributed by atoms with Crippen LogP contribution >= 0.6 is 109 Å². The lowest BCUT2D eigenvalue weighted by atomic mass is 9.82. The number of ketones is 8. The molecule has 20 rings (SSSR count). The van der Waals surface area contributed by atoms with Gasteiger partial charge in [-0.15, -0.1) is 47.0 Å². The smallest absolute Gasteiger partial charge is 0.416 e. The van der Waals surface area contributed by atoms with E-state index in [1.165, 1.54) is 59.2 Å². The van der Waals surface area contributed by atoms with Crippen LogP contribution in [0.15, 0.2) is 200 Å². The molecule has 656 valence electrons. The Kier molecular flexibility index (Phi) is 25.4. The van der Waals surface area contributed by atoms with Gasteiger partial charge in [-0.2, -0.15) is 13.2 Å². The highest BCUT2D eigenvalue weighted by molar-refractivity contribution is 9.10. The molecule has 4 spiro atoms. The largest absolute Gasteiger partial charge is 0.497 e. The van der Waals surface area contributed by atoms with Gasteiger partial charge in [-0.3, -0.25) is 57.5 Å². The van der Waals surface area contributed by atoms with E-state index in [2.05, 4.69) is 21.2 Å². The van der Waals surface area contributed by atoms with Gasteiger partial charge in [-0.25, -0.2) is 0 Å². The number of halogens is 8. The number of likely N-dealkylation sites (tertiary alicyclic amines) is 3. The van der Waals surface area contributed by atoms with Crippen molar-refractivity contribution in [2.45, 2.75) is 98.8 Å². The van der Waals surface area contributed by atoms with Crippen molar-refractivity contribution in [1.82, 2.24) is 20.0 Å². The van der Waals surface area contributed by atoms with Crippen molar-refractivity contribution in [1.29, 1.82) is 0 Å². The molecule has 4 amide bonds. The monoisotopic (exact) mass is 1950 g/mol. The van der Waals surface area contributed by atoms with Crippen molar-refractivity contribution in [3.63, 3.8) is 0 Å². The third-order valence-electron chi connectivity index (χ3n) is 24.5. The number of nitrogens with one attached hydrogen (secondary N) is 1. The average molecular weight is 1950 g/mol. The van der Waals surface area contributed by atoms with Gasteiger partial charge in [-0.05, 0) is 153 Å². The molecule has 7 heterocycles. The molecule has 8 aromatic rings. The summed E-state index contributed by atoms with van der Waals surface area (Å²) in [5.74, 6) is -0.237. The zero-order valence-corrected chi connectivity index (χ0v) is 75.8. The molecule has 1 saturated carbocycles. The number of allylic oxidation sites excluding steroid dienone is 4. The molecule has 0 unspecified atom stereocenters. The summed E-state index contributed by atoms with van der Waals surface area (Å²) in [4.78, 5) is 158. The van der Waals surface area contributed by atoms with E-state index < -0.39 is 86.3 Å². The van der Waals surface area contributed by atoms with Gasteiger partial charge in [0, 0.05) is 198 Å². The first-order valence-electron chi connectivity index (χ1n) is 40.9. The number of piperidine rings is 3. The molecule has 0 aromatic heterocycles. The van der Waals surface area contributed by atoms with Crippen LogP contribution in [0.1, 0.15) is 175 Å². The van der Waals surface area contributed by atoms with Crippen molar-refractivity contribution in [2.75, 3.05) is 69.4 Å². The molecule has 0 bridgehead atoms. The minimum absolute atomic E-state index is 0.0311. The molecule has 0 atom stereocenters. The zero-order chi connectivity index (χ0) is 90.0. The van der Waals surface area contributed by atoms with Crippen molar-refractivity contribution in [3.8, 4) is 5.75 Å². The van der Waals surface area contributed by atoms with E-state index in [4.69, 9.17) is 70.1 Å². The zero-order valence-electron chi connectivity index (χ0n) is 67.9. The van der Waals surface area contributed by atoms with Crippen molar-refractivity contribution in [2.24, 2.45) is 0 Å². The highest BCUT2D eigenvalue weighted by atomic mass is 79.9. The molecule has 1 N–H and O–H groups in total. The quantitative estimate of drug-likeness (QED) is 0.151. The number of carbonyl (C=O) groups is 12. The Hall–Kier alpha value is -10.2. The van der Waals surface area contributed by atoms with Gasteiger partial charge in [0.05, 0.1) is 12.7 Å². The predicted octanol–water partition coefficient (Wildman–Crippen LogP) is 19.1. The van der Waals surface area contributed by atoms with E-state index in [0.29, 0.717) is 256 Å². The normalized spacial score (nSPS) is 20.9. The molecule has 12 aliphatic rings. The lowest BCUT2D eigenvalue weighted by Gasteiger charge is -2.45. The van der Waals surface area contributed by atoms with Gasteiger partial charge in [0.2, 0.25) is 46.3 Å². The fourth-order valence-electron chi connectivity index (χ4n) is 17.4. The van der Waals surface area contributed by atoms with Gasteiger partial charge >= 0.3 is 6.18 Å². The van der Waals surface area contributed by atoms with Gasteiger partial charge in [0.15, 0.2) is 0 Å². The third kappa shape index (κ3) is 17.9. The SMILES string of the molecule is COc1ccc2c(c1)C1=C(SCC3(CCN(C(=O)c4cccc(Cl)c4)CC3)O1)C(=O)C2=O.O=C1C(=O)c2ccc(Br)cc2C2=C1SCC1(CCN(C(=O)c3cccc(Cl)c3)CC1)O2.O=C1C(=O)c2ccc(Cl)cc2C2=C1SCC1(CCN(C(=O)c3cccc(Cl)c3)CC1)O2.O=C1C(=O)c2ccccc2C2=C1SCC1(CCC(NC(=O)c3cccc(C(F)(F)F)c3)CC1)O2. The minimum Gasteiger partial charge on any atom is -0.497 e. The maximum atomic E-state index is 13.0. The highest BCUT2D eigenvalue weighted by Crippen LogP contribution is 2.54. The molecule has 5 aliphatic carbocycles. The number of methoxy groups -OCH3 is 1. The number of nitrogens with zero attached hydrogens (tertiary/aromatic N) is 3. The topological polar surface area (TPSA) is 273 Å². The van der Waals surface area contributed by atoms with Crippen LogP contribution in [0.25, 0.3) is 23.0 Å². The van der Waals surface area contributed by atoms with Gasteiger partial charge in [0.25, 0.3) is 23.6 Å². The number of hydrogen-bond donors (Lipinski definition) is 1. The number of hydrogen-bond acceptors (Lipinski definition) is 21. The number of Topliss-reactive ketones (excluding diaryl/α,β-unsaturated/α-hetero) is 8. The first kappa shape index (κ1) is 89.8. The summed E-state index contributed by atoms with van der Waals surface area (Å²) < 4.78 is 70.8. The molecule has 21 nitrogen and oxygen atoms in total. The van der Waals surface area contributed by atoms with E-state index in [-0.39, 0.29) is 29.3 Å². The summed E-state index contributed by atoms with van der Waals surface area (Å²) in [6.45, 7) is 3.23. The number of benzene rings is 8. The second kappa shape index (κ2) is 36.3. The Bertz CT molecular complexity index is 6060. The van der Waals surface area contributed by atoms with E-state index in [1.54, 1.807) is 163 Å². The van der Waals surface area contributed by atoms with Crippen LogP contribution in [-0.2, 0) is 44.3 Å². The Morgan fingerprint density at radius 1 is 0.383 bits per heavy atom. The van der Waals surface area contributed by atoms with Crippen molar-refractivity contribution in [3.05, 3.63) is 292 Å². The van der Waals surface area contributed by atoms with Crippen LogP contribution in [0.2, 0.25) is 20.1 Å². The lowest BCUT2D eigenvalue weighted by Crippen LogP contribution is -2.50. The van der Waals surface area contributed by atoms with E-state index in [1.807, 2.05) is 11.0 Å². The van der Waals surface area contributed by atoms with Gasteiger partial charge < -0.3 is 43.7 Å². The minimum atomic E-state index is -4.51. The Balaban J connectivity index is 0.000000120. The number of amides is 4. The first-order chi connectivity index (χ1) is 61.3. The number of alkyl halides is 3. The standard InChI is InChI=1S/C25H20F3NO4S.C24H20ClNO5S.C23H17BrClNO4S.C23H17Cl2NO4S/c26-25(27,28)15-5-3-4-14(12-15)23(32)29-16-8-10-24(11-9-16)13-34-22-20(31)19(30)17-6-1-2-7-18(17)21(22)33-24;1-30-16-5-6-17-18(12-16)21-22(20(28)19(17)27)32-13-24(31-21)7-9-26(10-8-24)23(29)14-3-2-4-15(25)11-14;24-14-4-5-16-17(11-14)20-21(19(28)18(16)27)31-12-23(30-20)6-8-26(9-7-23)22(29)13-2-1-3-15(25)10-13;24-14-3-1-2-13(10-14)22(29)26-8-6-23(7-9-26)12-31-21-19(28)18(27)16-5-4-15(25)11-17(16)20(21)30-23/h1-7,12,16H,8-11,13H2,(H,29,32);2-6,11-12H,7-10,13H2,1H3;2*1-5,10-11H,6-9,12H2. The summed E-state index contributed by atoms with van der Waals surface area (Å²) in [7, 11) is 1.55. The van der Waals surface area contributed by atoms with Crippen LogP contribution in [-0.4, -0.2) is 182 Å². The van der Waals surface area contributed by atoms with E-state index in [9.17, 15) is 70.7 Å². The second-order valence-corrected chi connectivity index (χ2v) is 39.2. The van der Waals surface area contributed by atoms with Gasteiger partial charge in [-0.1, -0.05) is 111 Å². The summed E-state index contributed by atoms with van der Waals surface area (Å²) in [5.41, 5.74) is 2.58. The average Bonchev–Trinajstić information content (AvgIpc) is 0.747. The number of carbonyl (C=O) groups excluding carboxylic acids is 12. The molecule has 3 saturated heterocycles. The maximum absolute atomic E-state index is 13.0. The molecule has 0 radical (unpaired) electrons. The highest BCUT2D eigenvalue weighted by Gasteiger charge is 2.52. The fourth-order valence-corrected chi connectivity index (χ4v) is 23.5. The van der Waals surface area contributed by atoms with Crippen molar-refractivity contribution >= 4 is 202 Å². The molecular weight excluding hydrogens is 1880 g/mol. The molecule has 33 heteroatoms. The molecule has 8 aromatic carbocycles. The van der Waals surface area contributed by atoms with Crippen LogP contribution in [0, 0.1) is 0 Å². The number of thioether (sulfide) groups is 4. The summed E-state index contributed by atoms with van der Waals surface area (Å²) in [5, 5.41) is 4.91. The maximum Gasteiger partial charge on any atom is 0.416 e. The third-order valence-corrected chi connectivity index (χ3v) is 31.3. The lowest BCUT2D eigenvalue weighted by molar-refractivity contribution is -0.137. The van der Waals surface area contributed by atoms with E-state index in [0.717, 1.165) is 16.6 Å². The van der Waals surface area contributed by atoms with Crippen LogP contribution < -0.4 is 10.1 Å². The fraction of sp³-hybridized carbons (Fsp3) is 0.284. The van der Waals surface area contributed by atoms with Gasteiger partial charge in [0.1, 0.15) is 70.8 Å². The predicted molar refractivity (Wildman–Crippen MR) is 486 cm³/mol. The first-order valence-corrected chi connectivity index (χ1v) is 47.2. The summed E-state index contributed by atoms with van der Waals surface area (Å²) >= 11 is 33.2. The van der Waals surface area contributed by atoms with Crippen LogP contribution in [0.4, 0.5) is 13.2 Å². The summed E-state index contributed by atoms with van der Waals surface area (Å²) in [6, 6.07) is 47.0. The number of fused-ring (bicyclic) bond motifs is 8. The second-order valence-electron chi connectivity index (χ2n) is 32.6. The molecule has 4 fully saturated rings. The number of ether oxygens (including phenoxy) is 5. The molecule has 128 heavy (non-hydrogen) atoms. The van der Waals surface area contributed by atoms with E-state index >= 15 is 0 Å². The summed E-state index contributed by atoms with van der Waals surface area (Å²) in [6.07, 6.45) is 1.68. The Morgan fingerprint density at radius 3 is 1.12 bits per heavy atom. The molecular formula is C95H74BrCl4F3N4O17S4. The van der Waals surface area contributed by atoms with Crippen LogP contribution in [0.3, 0.4) is 0 Å². The Labute approximate surface area is 777 Å². The van der Waals surface area contributed by atoms with Crippen LogP contribution in [0.5, 0.6) is 5.75 Å². The van der Waals surface area contributed by atoms with Crippen molar-refractivity contribution < 1.29 is 94.4 Å².